The number of fused-ring (bicyclic) bond motifs is 2. The molecule has 3 heterocycles. The number of nitrogens with two attached hydrogens (primary N) is 1. The van der Waals surface area contributed by atoms with Gasteiger partial charge in [-0.3, -0.25) is 9.59 Å². The van der Waals surface area contributed by atoms with Crippen molar-refractivity contribution in [3.8, 4) is 0 Å². The number of rotatable bonds is 9. The van der Waals surface area contributed by atoms with Gasteiger partial charge in [0.05, 0.1) is 28.8 Å². The highest BCUT2D eigenvalue weighted by molar-refractivity contribution is 7.16. The average Bonchev–Trinajstić information content (AvgIpc) is 3.53. The largest absolute Gasteiger partial charge is 0.334 e. The average molecular weight is 610 g/mol. The van der Waals surface area contributed by atoms with Crippen molar-refractivity contribution in [3.63, 3.8) is 0 Å². The van der Waals surface area contributed by atoms with Crippen LogP contribution in [0.4, 0.5) is 4.79 Å². The van der Waals surface area contributed by atoms with Crippen LogP contribution in [-0.2, 0) is 35.6 Å². The molecule has 3 aromatic carbocycles. The number of urea groups is 1. The molecule has 2 aliphatic rings. The summed E-state index contributed by atoms with van der Waals surface area (Å²) in [6.07, 6.45) is 1.27. The van der Waals surface area contributed by atoms with Crippen LogP contribution < -0.4 is 11.1 Å². The summed E-state index contributed by atoms with van der Waals surface area (Å²) in [4.78, 5) is 49.9. The zero-order valence-corrected chi connectivity index (χ0v) is 25.2. The number of hydrogen-bond donors (Lipinski definition) is 2. The highest BCUT2D eigenvalue weighted by Crippen LogP contribution is 2.31. The zero-order valence-electron chi connectivity index (χ0n) is 24.3. The summed E-state index contributed by atoms with van der Waals surface area (Å²) in [5.41, 5.74) is 12.2. The van der Waals surface area contributed by atoms with Crippen molar-refractivity contribution < 1.29 is 14.4 Å². The Labute approximate surface area is 260 Å². The Bertz CT molecular complexity index is 1660. The van der Waals surface area contributed by atoms with Crippen LogP contribution in [0.15, 0.2) is 91.0 Å². The molecule has 0 radical (unpaired) electrons. The Kier molecular flexibility index (Phi) is 8.69. The summed E-state index contributed by atoms with van der Waals surface area (Å²) in [5.74, 6) is -0.367. The fraction of sp³-hybridized carbons (Fsp3) is 0.273. The van der Waals surface area contributed by atoms with Crippen molar-refractivity contribution in [2.45, 2.75) is 38.3 Å². The summed E-state index contributed by atoms with van der Waals surface area (Å²) in [6, 6.07) is 22.2. The second-order valence-corrected chi connectivity index (χ2v) is 11.9. The van der Waals surface area contributed by atoms with Crippen molar-refractivity contribution in [1.29, 1.82) is 0 Å². The van der Waals surface area contributed by atoms with E-state index in [0.29, 0.717) is 32.6 Å². The molecule has 1 aromatic heterocycles. The van der Waals surface area contributed by atoms with Crippen LogP contribution in [0, 0.1) is 0 Å². The highest BCUT2D eigenvalue weighted by atomic mass is 32.1. The number of carbonyl (C=O) groups excluding carboxylic acids is 3. The van der Waals surface area contributed by atoms with Gasteiger partial charge in [0.25, 0.3) is 0 Å². The van der Waals surface area contributed by atoms with E-state index >= 15 is 0 Å². The quantitative estimate of drug-likeness (QED) is 0.281. The van der Waals surface area contributed by atoms with Crippen LogP contribution in [-0.4, -0.2) is 74.5 Å². The van der Waals surface area contributed by atoms with Crippen molar-refractivity contribution in [2.24, 2.45) is 5.73 Å². The molecule has 2 fully saturated rings. The summed E-state index contributed by atoms with van der Waals surface area (Å²) in [7, 11) is 0. The predicted octanol–water partition coefficient (Wildman–Crippen LogP) is 3.49. The summed E-state index contributed by atoms with van der Waals surface area (Å²) in [5, 5.41) is 6.33. The van der Waals surface area contributed by atoms with Gasteiger partial charge in [-0.05, 0) is 28.3 Å². The Balaban J connectivity index is 1.36. The van der Waals surface area contributed by atoms with Crippen LogP contribution >= 0.6 is 11.3 Å². The molecule has 11 heteroatoms. The molecule has 0 bridgehead atoms. The molecule has 226 valence electrons. The highest BCUT2D eigenvalue weighted by Gasteiger charge is 2.51. The van der Waals surface area contributed by atoms with E-state index in [1.54, 1.807) is 42.7 Å². The lowest BCUT2D eigenvalue weighted by Crippen LogP contribution is -2.76. The SMILES string of the molecule is C=CCN1CC(=O)N2[C@@H](Cc3ccc(CN)cc3)C(=O)N(Cc3cccc4scnc34)C[C@@H]2N1C(=O)NCc1ccccc1. The first-order valence-corrected chi connectivity index (χ1v) is 15.5. The number of nitrogens with zero attached hydrogens (tertiary/aromatic N) is 5. The number of benzene rings is 3. The van der Waals surface area contributed by atoms with Crippen molar-refractivity contribution >= 4 is 39.4 Å². The minimum Gasteiger partial charge on any atom is -0.333 e. The lowest BCUT2D eigenvalue weighted by molar-refractivity contribution is -0.189. The minimum atomic E-state index is -0.796. The molecule has 4 amide bonds. The molecule has 0 saturated carbocycles. The Morgan fingerprint density at radius 1 is 1.02 bits per heavy atom. The van der Waals surface area contributed by atoms with E-state index in [2.05, 4.69) is 16.9 Å². The number of para-hydroxylation sites is 1. The maximum atomic E-state index is 14.3. The molecule has 0 spiro atoms. The van der Waals surface area contributed by atoms with Crippen molar-refractivity contribution in [1.82, 2.24) is 30.1 Å². The number of hydrogen-bond acceptors (Lipinski definition) is 7. The Hall–Kier alpha value is -4.58. The predicted molar refractivity (Wildman–Crippen MR) is 170 cm³/mol. The van der Waals surface area contributed by atoms with Crippen LogP contribution in [0.3, 0.4) is 0 Å². The van der Waals surface area contributed by atoms with E-state index in [0.717, 1.165) is 32.5 Å². The van der Waals surface area contributed by atoms with Crippen LogP contribution in [0.25, 0.3) is 10.2 Å². The first-order valence-electron chi connectivity index (χ1n) is 14.6. The topological polar surface area (TPSA) is 115 Å². The second kappa shape index (κ2) is 13.0. The molecule has 2 atom stereocenters. The molecular formula is C33H35N7O3S. The summed E-state index contributed by atoms with van der Waals surface area (Å²) in [6.45, 7) is 5.31. The number of hydrazine groups is 1. The lowest BCUT2D eigenvalue weighted by atomic mass is 9.97. The minimum absolute atomic E-state index is 0.0463. The van der Waals surface area contributed by atoms with Gasteiger partial charge in [0.15, 0.2) is 0 Å². The fourth-order valence-corrected chi connectivity index (χ4v) is 6.74. The third-order valence-corrected chi connectivity index (χ3v) is 8.95. The number of aromatic nitrogens is 1. The normalized spacial score (nSPS) is 18.9. The summed E-state index contributed by atoms with van der Waals surface area (Å²) < 4.78 is 1.04. The maximum Gasteiger partial charge on any atom is 0.334 e. The zero-order chi connectivity index (χ0) is 30.6. The van der Waals surface area contributed by atoms with Crippen LogP contribution in [0.1, 0.15) is 22.3 Å². The first-order chi connectivity index (χ1) is 21.5. The maximum absolute atomic E-state index is 14.3. The van der Waals surface area contributed by atoms with Crippen LogP contribution in [0.2, 0.25) is 0 Å². The molecule has 4 aromatic rings. The molecular weight excluding hydrogens is 574 g/mol. The molecule has 10 nitrogen and oxygen atoms in total. The van der Waals surface area contributed by atoms with Gasteiger partial charge in [0, 0.05) is 32.6 Å². The first kappa shape index (κ1) is 29.5. The van der Waals surface area contributed by atoms with E-state index in [4.69, 9.17) is 5.73 Å². The van der Waals surface area contributed by atoms with Gasteiger partial charge >= 0.3 is 6.03 Å². The number of piperazine rings is 1. The van der Waals surface area contributed by atoms with Gasteiger partial charge in [-0.1, -0.05) is 72.8 Å². The monoisotopic (exact) mass is 609 g/mol. The number of carbonyl (C=O) groups is 3. The van der Waals surface area contributed by atoms with Gasteiger partial charge in [-0.2, -0.15) is 0 Å². The van der Waals surface area contributed by atoms with E-state index in [-0.39, 0.29) is 30.9 Å². The molecule has 2 saturated heterocycles. The number of nitrogens with one attached hydrogen (secondary N) is 1. The Morgan fingerprint density at radius 2 is 1.80 bits per heavy atom. The second-order valence-electron chi connectivity index (χ2n) is 11.0. The van der Waals surface area contributed by atoms with Crippen molar-refractivity contribution in [3.05, 3.63) is 113 Å². The van der Waals surface area contributed by atoms with Gasteiger partial charge in [0.1, 0.15) is 12.2 Å². The molecule has 44 heavy (non-hydrogen) atoms. The van der Waals surface area contributed by atoms with Gasteiger partial charge in [-0.25, -0.2) is 19.8 Å². The third-order valence-electron chi connectivity index (χ3n) is 8.16. The molecule has 0 unspecified atom stereocenters. The van der Waals surface area contributed by atoms with Gasteiger partial charge < -0.3 is 20.9 Å². The number of thiazole rings is 1. The van der Waals surface area contributed by atoms with Gasteiger partial charge in [-0.15, -0.1) is 17.9 Å². The standard InChI is InChI=1S/C33H35N7O3S/c1-2-15-38-21-30(41)39-27(16-23-11-13-24(17-34)14-12-23)32(42)37(19-26-9-6-10-28-31(26)36-22-44-28)20-29(39)40(38)33(43)35-18-25-7-4-3-5-8-25/h2-14,22,27,29H,1,15-21,34H2,(H,35,43)/t27-,29-/m0/s1. The molecule has 6 rings (SSSR count). The van der Waals surface area contributed by atoms with E-state index < -0.39 is 12.2 Å². The van der Waals surface area contributed by atoms with E-state index in [1.807, 2.05) is 72.8 Å². The van der Waals surface area contributed by atoms with Gasteiger partial charge in [0.2, 0.25) is 11.8 Å². The van der Waals surface area contributed by atoms with Crippen LogP contribution in [0.5, 0.6) is 0 Å². The lowest BCUT2D eigenvalue weighted by Gasteiger charge is -2.55. The molecule has 3 N–H and O–H groups in total. The fourth-order valence-electron chi connectivity index (χ4n) is 6.01. The smallest absolute Gasteiger partial charge is 0.333 e. The van der Waals surface area contributed by atoms with Crippen molar-refractivity contribution in [2.75, 3.05) is 19.6 Å². The number of amides is 4. The third kappa shape index (κ3) is 5.94. The Morgan fingerprint density at radius 3 is 2.55 bits per heavy atom. The van der Waals surface area contributed by atoms with E-state index in [1.165, 1.54) is 0 Å². The molecule has 0 aliphatic carbocycles. The summed E-state index contributed by atoms with van der Waals surface area (Å²) >= 11 is 1.55. The molecule has 2 aliphatic heterocycles. The van der Waals surface area contributed by atoms with E-state index in [9.17, 15) is 14.4 Å².